The van der Waals surface area contributed by atoms with Crippen LogP contribution in [0.3, 0.4) is 0 Å². The standard InChI is InChI=1S/C48H49N/c1-46(2)22-23-47(3,4)45-29-34(16-21-43(45)46)33-14-17-38(18-15-33)49(37-10-6-5-7-11-37)39-19-20-41-40-12-8-9-13-42(40)48(44(41)30-39)35-25-31-24-32(27-35)28-36(48)26-31/h5-21,29-32,35-36H,22-28H2,1-4H3. The van der Waals surface area contributed by atoms with Gasteiger partial charge in [-0.2, -0.15) is 0 Å². The first kappa shape index (κ1) is 29.8. The Morgan fingerprint density at radius 3 is 1.73 bits per heavy atom. The van der Waals surface area contributed by atoms with Gasteiger partial charge in [-0.3, -0.25) is 0 Å². The number of nitrogens with zero attached hydrogens (tertiary/aromatic N) is 1. The average molecular weight is 640 g/mol. The fraction of sp³-hybridized carbons (Fsp3) is 0.375. The van der Waals surface area contributed by atoms with Gasteiger partial charge in [-0.05, 0) is 160 Å². The first-order valence-corrected chi connectivity index (χ1v) is 19.1. The molecule has 5 aromatic rings. The lowest BCUT2D eigenvalue weighted by molar-refractivity contribution is -0.0399. The summed E-state index contributed by atoms with van der Waals surface area (Å²) in [6.45, 7) is 9.68. The topological polar surface area (TPSA) is 3.24 Å². The summed E-state index contributed by atoms with van der Waals surface area (Å²) in [7, 11) is 0. The maximum Gasteiger partial charge on any atom is 0.0465 e. The van der Waals surface area contributed by atoms with E-state index >= 15 is 0 Å². The summed E-state index contributed by atoms with van der Waals surface area (Å²) in [6, 6.07) is 44.6. The van der Waals surface area contributed by atoms with Crippen LogP contribution in [0.2, 0.25) is 0 Å². The second kappa shape index (κ2) is 10.5. The normalized spacial score (nSPS) is 27.8. The molecule has 6 aliphatic carbocycles. The fourth-order valence-electron chi connectivity index (χ4n) is 11.9. The monoisotopic (exact) mass is 639 g/mol. The van der Waals surface area contributed by atoms with Crippen molar-refractivity contribution in [2.45, 2.75) is 88.9 Å². The number of anilines is 3. The van der Waals surface area contributed by atoms with Gasteiger partial charge in [0, 0.05) is 22.5 Å². The van der Waals surface area contributed by atoms with Gasteiger partial charge in [0.2, 0.25) is 0 Å². The van der Waals surface area contributed by atoms with Crippen molar-refractivity contribution in [3.8, 4) is 22.3 Å². The fourth-order valence-corrected chi connectivity index (χ4v) is 11.9. The largest absolute Gasteiger partial charge is 0.310 e. The molecule has 0 atom stereocenters. The highest BCUT2D eigenvalue weighted by Crippen LogP contribution is 2.69. The van der Waals surface area contributed by atoms with Crippen LogP contribution in [0.1, 0.15) is 94.9 Å². The van der Waals surface area contributed by atoms with Crippen LogP contribution in [0.5, 0.6) is 0 Å². The Kier molecular flexibility index (Phi) is 6.36. The number of para-hydroxylation sites is 1. The van der Waals surface area contributed by atoms with E-state index in [4.69, 9.17) is 0 Å². The zero-order chi connectivity index (χ0) is 33.1. The van der Waals surface area contributed by atoms with E-state index in [0.717, 1.165) is 23.7 Å². The van der Waals surface area contributed by atoms with E-state index in [1.807, 2.05) is 0 Å². The quantitative estimate of drug-likeness (QED) is 0.189. The number of hydrogen-bond acceptors (Lipinski definition) is 1. The third kappa shape index (κ3) is 4.30. The van der Waals surface area contributed by atoms with Crippen LogP contribution in [-0.2, 0) is 16.2 Å². The molecule has 0 amide bonds. The van der Waals surface area contributed by atoms with Crippen LogP contribution in [0.4, 0.5) is 17.1 Å². The predicted molar refractivity (Wildman–Crippen MR) is 205 cm³/mol. The second-order valence-corrected chi connectivity index (χ2v) is 17.7. The Morgan fingerprint density at radius 1 is 0.449 bits per heavy atom. The minimum Gasteiger partial charge on any atom is -0.310 e. The number of benzene rings is 5. The van der Waals surface area contributed by atoms with Crippen LogP contribution in [0.25, 0.3) is 22.3 Å². The molecule has 4 bridgehead atoms. The molecule has 49 heavy (non-hydrogen) atoms. The molecule has 246 valence electrons. The van der Waals surface area contributed by atoms with E-state index in [-0.39, 0.29) is 16.2 Å². The van der Waals surface area contributed by atoms with Gasteiger partial charge in [-0.1, -0.05) is 107 Å². The van der Waals surface area contributed by atoms with Gasteiger partial charge in [0.05, 0.1) is 0 Å². The summed E-state index contributed by atoms with van der Waals surface area (Å²) in [4.78, 5) is 2.50. The SMILES string of the molecule is CC1(C)CCC(C)(C)c2cc(-c3ccc(N(c4ccccc4)c4ccc5c(c4)C4(c6ccccc6-5)C5CC6CC(C5)CC4C6)cc3)ccc21. The summed E-state index contributed by atoms with van der Waals surface area (Å²) >= 11 is 0. The van der Waals surface area contributed by atoms with Crippen molar-refractivity contribution in [1.29, 1.82) is 0 Å². The summed E-state index contributed by atoms with van der Waals surface area (Å²) in [5.41, 5.74) is 16.2. The Labute approximate surface area is 293 Å². The molecule has 0 aliphatic heterocycles. The molecule has 5 aromatic carbocycles. The van der Waals surface area contributed by atoms with Crippen molar-refractivity contribution in [3.63, 3.8) is 0 Å². The third-order valence-electron chi connectivity index (χ3n) is 14.1. The van der Waals surface area contributed by atoms with Crippen LogP contribution in [0.15, 0.2) is 115 Å². The first-order chi connectivity index (χ1) is 23.7. The maximum atomic E-state index is 2.62. The molecular weight excluding hydrogens is 591 g/mol. The predicted octanol–water partition coefficient (Wildman–Crippen LogP) is 12.9. The zero-order valence-corrected chi connectivity index (χ0v) is 29.7. The molecule has 4 saturated carbocycles. The lowest BCUT2D eigenvalue weighted by atomic mass is 9.43. The Hall–Kier alpha value is -4.10. The van der Waals surface area contributed by atoms with Gasteiger partial charge >= 0.3 is 0 Å². The molecule has 0 heterocycles. The van der Waals surface area contributed by atoms with Crippen LogP contribution >= 0.6 is 0 Å². The molecule has 0 aromatic heterocycles. The highest BCUT2D eigenvalue weighted by atomic mass is 15.1. The minimum absolute atomic E-state index is 0.163. The zero-order valence-electron chi connectivity index (χ0n) is 29.7. The van der Waals surface area contributed by atoms with Gasteiger partial charge in [0.25, 0.3) is 0 Å². The number of fused-ring (bicyclic) bond motifs is 4. The smallest absolute Gasteiger partial charge is 0.0465 e. The van der Waals surface area contributed by atoms with E-state index in [1.165, 1.54) is 95.4 Å². The van der Waals surface area contributed by atoms with E-state index in [2.05, 4.69) is 148 Å². The highest BCUT2D eigenvalue weighted by Gasteiger charge is 2.61. The number of hydrogen-bond donors (Lipinski definition) is 0. The molecule has 1 spiro atoms. The molecule has 0 radical (unpaired) electrons. The van der Waals surface area contributed by atoms with Gasteiger partial charge in [0.1, 0.15) is 0 Å². The Balaban J connectivity index is 1.08. The van der Waals surface area contributed by atoms with Crippen LogP contribution < -0.4 is 4.90 Å². The van der Waals surface area contributed by atoms with Crippen molar-refractivity contribution in [3.05, 3.63) is 138 Å². The van der Waals surface area contributed by atoms with Crippen LogP contribution in [-0.4, -0.2) is 0 Å². The summed E-state index contributed by atoms with van der Waals surface area (Å²) in [5.74, 6) is 3.41. The van der Waals surface area contributed by atoms with Gasteiger partial charge in [-0.25, -0.2) is 0 Å². The van der Waals surface area contributed by atoms with Gasteiger partial charge in [-0.15, -0.1) is 0 Å². The van der Waals surface area contributed by atoms with E-state index in [1.54, 1.807) is 11.1 Å². The van der Waals surface area contributed by atoms with Crippen molar-refractivity contribution >= 4 is 17.1 Å². The van der Waals surface area contributed by atoms with E-state index in [0.29, 0.717) is 0 Å². The lowest BCUT2D eigenvalue weighted by Gasteiger charge is -2.61. The van der Waals surface area contributed by atoms with Crippen molar-refractivity contribution < 1.29 is 0 Å². The van der Waals surface area contributed by atoms with Crippen molar-refractivity contribution in [2.24, 2.45) is 23.7 Å². The molecule has 0 N–H and O–H groups in total. The molecule has 1 heteroatoms. The number of rotatable bonds is 4. The molecule has 0 unspecified atom stereocenters. The minimum atomic E-state index is 0.163. The van der Waals surface area contributed by atoms with E-state index < -0.39 is 0 Å². The molecular formula is C48H49N. The van der Waals surface area contributed by atoms with Crippen LogP contribution in [0, 0.1) is 23.7 Å². The summed E-state index contributed by atoms with van der Waals surface area (Å²) in [5, 5.41) is 0. The summed E-state index contributed by atoms with van der Waals surface area (Å²) < 4.78 is 0. The maximum absolute atomic E-state index is 2.62. The Morgan fingerprint density at radius 2 is 1.02 bits per heavy atom. The average Bonchev–Trinajstić information content (AvgIpc) is 3.40. The second-order valence-electron chi connectivity index (χ2n) is 17.7. The molecule has 4 fully saturated rings. The molecule has 6 aliphatic rings. The van der Waals surface area contributed by atoms with E-state index in [9.17, 15) is 0 Å². The van der Waals surface area contributed by atoms with Crippen molar-refractivity contribution in [1.82, 2.24) is 0 Å². The highest BCUT2D eigenvalue weighted by molar-refractivity contribution is 5.86. The lowest BCUT2D eigenvalue weighted by Crippen LogP contribution is -2.55. The molecule has 11 rings (SSSR count). The first-order valence-electron chi connectivity index (χ1n) is 19.1. The molecule has 1 nitrogen and oxygen atoms in total. The van der Waals surface area contributed by atoms with Crippen molar-refractivity contribution in [2.75, 3.05) is 4.90 Å². The third-order valence-corrected chi connectivity index (χ3v) is 14.1. The Bertz CT molecular complexity index is 2050. The molecule has 0 saturated heterocycles. The van der Waals surface area contributed by atoms with Gasteiger partial charge < -0.3 is 4.90 Å². The summed E-state index contributed by atoms with van der Waals surface area (Å²) in [6.07, 6.45) is 9.60. The van der Waals surface area contributed by atoms with Gasteiger partial charge in [0.15, 0.2) is 0 Å².